The fourth-order valence-corrected chi connectivity index (χ4v) is 4.28. The summed E-state index contributed by atoms with van der Waals surface area (Å²) in [5.41, 5.74) is 2.55. The largest absolute Gasteiger partial charge is 0.482 e. The highest BCUT2D eigenvalue weighted by molar-refractivity contribution is 6.02. The van der Waals surface area contributed by atoms with Crippen molar-refractivity contribution in [2.75, 3.05) is 18.5 Å². The lowest BCUT2D eigenvalue weighted by molar-refractivity contribution is -0.145. The van der Waals surface area contributed by atoms with Crippen molar-refractivity contribution in [1.82, 2.24) is 0 Å². The molecule has 0 aliphatic carbocycles. The minimum atomic E-state index is -0.955. The molecule has 0 atom stereocenters. The van der Waals surface area contributed by atoms with E-state index in [-0.39, 0.29) is 12.5 Å². The molecule has 0 radical (unpaired) electrons. The van der Waals surface area contributed by atoms with E-state index in [9.17, 15) is 9.59 Å². The van der Waals surface area contributed by atoms with Crippen LogP contribution in [0, 0.1) is 0 Å². The van der Waals surface area contributed by atoms with E-state index in [2.05, 4.69) is 5.32 Å². The third-order valence-electron chi connectivity index (χ3n) is 6.01. The van der Waals surface area contributed by atoms with Gasteiger partial charge in [0.05, 0.1) is 6.61 Å². The quantitative estimate of drug-likeness (QED) is 0.292. The van der Waals surface area contributed by atoms with E-state index in [0.29, 0.717) is 24.5 Å². The molecule has 5 heteroatoms. The SMILES string of the molecule is CCOC(=O)COc1ccc(NC(=O)C(Cc2ccccc2)(c2ccccc2)c2ccccc2)cc1. The molecule has 1 amide bonds. The average Bonchev–Trinajstić information content (AvgIpc) is 2.93. The van der Waals surface area contributed by atoms with Gasteiger partial charge in [0.25, 0.3) is 0 Å². The number of ether oxygens (including phenoxy) is 2. The lowest BCUT2D eigenvalue weighted by Crippen LogP contribution is -2.43. The lowest BCUT2D eigenvalue weighted by atomic mass is 9.69. The minimum absolute atomic E-state index is 0.135. The predicted octanol–water partition coefficient (Wildman–Crippen LogP) is 5.80. The van der Waals surface area contributed by atoms with Crippen molar-refractivity contribution in [3.63, 3.8) is 0 Å². The maximum absolute atomic E-state index is 14.2. The third-order valence-corrected chi connectivity index (χ3v) is 6.01. The number of nitrogens with one attached hydrogen (secondary N) is 1. The van der Waals surface area contributed by atoms with E-state index in [1.165, 1.54) is 0 Å². The summed E-state index contributed by atoms with van der Waals surface area (Å²) in [5.74, 6) is -0.0436. The molecule has 0 aromatic heterocycles. The summed E-state index contributed by atoms with van der Waals surface area (Å²) in [5, 5.41) is 3.13. The number of carbonyl (C=O) groups is 2. The summed E-state index contributed by atoms with van der Waals surface area (Å²) >= 11 is 0. The van der Waals surface area contributed by atoms with Gasteiger partial charge in [0.2, 0.25) is 5.91 Å². The highest BCUT2D eigenvalue weighted by Gasteiger charge is 2.42. The first-order chi connectivity index (χ1) is 17.6. The van der Waals surface area contributed by atoms with Crippen LogP contribution in [-0.4, -0.2) is 25.1 Å². The second kappa shape index (κ2) is 11.8. The topological polar surface area (TPSA) is 64.6 Å². The zero-order valence-corrected chi connectivity index (χ0v) is 20.2. The summed E-state index contributed by atoms with van der Waals surface area (Å²) in [6.45, 7) is 1.89. The monoisotopic (exact) mass is 479 g/mol. The van der Waals surface area contributed by atoms with Crippen LogP contribution in [0.15, 0.2) is 115 Å². The van der Waals surface area contributed by atoms with Crippen LogP contribution in [0.2, 0.25) is 0 Å². The van der Waals surface area contributed by atoms with Crippen molar-refractivity contribution in [3.05, 3.63) is 132 Å². The van der Waals surface area contributed by atoms with Crippen molar-refractivity contribution >= 4 is 17.6 Å². The summed E-state index contributed by atoms with van der Waals surface area (Å²) in [6.07, 6.45) is 0.494. The Morgan fingerprint density at radius 2 is 1.25 bits per heavy atom. The minimum Gasteiger partial charge on any atom is -0.482 e. The molecule has 0 spiro atoms. The molecule has 36 heavy (non-hydrogen) atoms. The summed E-state index contributed by atoms with van der Waals surface area (Å²) < 4.78 is 10.4. The number of hydrogen-bond donors (Lipinski definition) is 1. The first-order valence-electron chi connectivity index (χ1n) is 12.0. The van der Waals surface area contributed by atoms with Gasteiger partial charge in [-0.05, 0) is 54.3 Å². The Kier molecular flexibility index (Phi) is 8.14. The van der Waals surface area contributed by atoms with E-state index in [1.54, 1.807) is 31.2 Å². The average molecular weight is 480 g/mol. The van der Waals surface area contributed by atoms with Gasteiger partial charge in [-0.1, -0.05) is 91.0 Å². The van der Waals surface area contributed by atoms with Crippen molar-refractivity contribution in [1.29, 1.82) is 0 Å². The third kappa shape index (κ3) is 5.81. The number of esters is 1. The Morgan fingerprint density at radius 3 is 1.78 bits per heavy atom. The van der Waals surface area contributed by atoms with Gasteiger partial charge < -0.3 is 14.8 Å². The predicted molar refractivity (Wildman–Crippen MR) is 141 cm³/mol. The zero-order chi connectivity index (χ0) is 25.2. The Hall–Kier alpha value is -4.38. The lowest BCUT2D eigenvalue weighted by Gasteiger charge is -2.34. The van der Waals surface area contributed by atoms with Crippen molar-refractivity contribution in [2.45, 2.75) is 18.8 Å². The zero-order valence-electron chi connectivity index (χ0n) is 20.2. The van der Waals surface area contributed by atoms with Crippen LogP contribution < -0.4 is 10.1 Å². The second-order valence-electron chi connectivity index (χ2n) is 8.37. The molecule has 0 aliphatic heterocycles. The molecule has 0 bridgehead atoms. The molecular weight excluding hydrogens is 450 g/mol. The Balaban J connectivity index is 1.66. The number of hydrogen-bond acceptors (Lipinski definition) is 4. The van der Waals surface area contributed by atoms with Crippen LogP contribution in [-0.2, 0) is 26.2 Å². The van der Waals surface area contributed by atoms with E-state index in [1.807, 2.05) is 91.0 Å². The Labute approximate surface area is 211 Å². The molecule has 0 unspecified atom stereocenters. The first kappa shape index (κ1) is 24.7. The van der Waals surface area contributed by atoms with Crippen molar-refractivity contribution in [3.8, 4) is 5.75 Å². The number of rotatable bonds is 10. The van der Waals surface area contributed by atoms with Crippen LogP contribution in [0.5, 0.6) is 5.75 Å². The molecule has 4 aromatic carbocycles. The van der Waals surface area contributed by atoms with Gasteiger partial charge >= 0.3 is 5.97 Å². The van der Waals surface area contributed by atoms with Crippen LogP contribution in [0.25, 0.3) is 0 Å². The molecule has 0 saturated heterocycles. The van der Waals surface area contributed by atoms with Crippen molar-refractivity contribution < 1.29 is 19.1 Å². The maximum Gasteiger partial charge on any atom is 0.344 e. The molecule has 5 nitrogen and oxygen atoms in total. The number of benzene rings is 4. The molecular formula is C31H29NO4. The fourth-order valence-electron chi connectivity index (χ4n) is 4.28. The molecule has 0 heterocycles. The van der Waals surface area contributed by atoms with Gasteiger partial charge in [-0.15, -0.1) is 0 Å². The highest BCUT2D eigenvalue weighted by atomic mass is 16.6. The van der Waals surface area contributed by atoms with E-state index in [0.717, 1.165) is 16.7 Å². The molecule has 0 saturated carbocycles. The van der Waals surface area contributed by atoms with Gasteiger partial charge in [-0.2, -0.15) is 0 Å². The molecule has 4 rings (SSSR count). The second-order valence-corrected chi connectivity index (χ2v) is 8.37. The van der Waals surface area contributed by atoms with Gasteiger partial charge in [0.1, 0.15) is 11.2 Å². The van der Waals surface area contributed by atoms with Crippen LogP contribution in [0.3, 0.4) is 0 Å². The number of amides is 1. The Morgan fingerprint density at radius 1 is 0.722 bits per heavy atom. The van der Waals surface area contributed by atoms with Crippen LogP contribution in [0.4, 0.5) is 5.69 Å². The first-order valence-corrected chi connectivity index (χ1v) is 12.0. The van der Waals surface area contributed by atoms with Gasteiger partial charge in [-0.3, -0.25) is 4.79 Å². The summed E-state index contributed by atoms with van der Waals surface area (Å²) in [7, 11) is 0. The van der Waals surface area contributed by atoms with Gasteiger partial charge in [0.15, 0.2) is 6.61 Å². The van der Waals surface area contributed by atoms with Crippen LogP contribution in [0.1, 0.15) is 23.6 Å². The Bertz CT molecular complexity index is 1220. The van der Waals surface area contributed by atoms with E-state index < -0.39 is 11.4 Å². The molecule has 1 N–H and O–H groups in total. The smallest absolute Gasteiger partial charge is 0.344 e. The van der Waals surface area contributed by atoms with Gasteiger partial charge in [-0.25, -0.2) is 4.79 Å². The van der Waals surface area contributed by atoms with Gasteiger partial charge in [0, 0.05) is 5.69 Å². The summed E-state index contributed by atoms with van der Waals surface area (Å²) in [6, 6.07) is 36.8. The maximum atomic E-state index is 14.2. The highest BCUT2D eigenvalue weighted by Crippen LogP contribution is 2.37. The fraction of sp³-hybridized carbons (Fsp3) is 0.161. The van der Waals surface area contributed by atoms with E-state index in [4.69, 9.17) is 9.47 Å². The molecule has 4 aromatic rings. The molecule has 0 fully saturated rings. The summed E-state index contributed by atoms with van der Waals surface area (Å²) in [4.78, 5) is 25.8. The number of carbonyl (C=O) groups excluding carboxylic acids is 2. The standard InChI is InChI=1S/C31H29NO4/c1-2-35-29(33)23-36-28-20-18-27(19-21-28)32-30(34)31(25-14-8-4-9-15-25,26-16-10-5-11-17-26)22-24-12-6-3-7-13-24/h3-21H,2,22-23H2,1H3,(H,32,34). The van der Waals surface area contributed by atoms with E-state index >= 15 is 0 Å². The molecule has 182 valence electrons. The normalized spacial score (nSPS) is 10.9. The van der Waals surface area contributed by atoms with Crippen LogP contribution >= 0.6 is 0 Å². The number of anilines is 1. The molecule has 0 aliphatic rings. The van der Waals surface area contributed by atoms with Crippen molar-refractivity contribution in [2.24, 2.45) is 0 Å².